The number of hydrogen-bond donors (Lipinski definition) is 0. The summed E-state index contributed by atoms with van der Waals surface area (Å²) in [5.74, 6) is 0. The minimum atomic E-state index is -1.08. The molecule has 0 atom stereocenters. The Hall–Kier alpha value is -0.380. The van der Waals surface area contributed by atoms with Crippen LogP contribution in [0.4, 0.5) is 0 Å². The van der Waals surface area contributed by atoms with Crippen LogP contribution in [0.3, 0.4) is 0 Å². The van der Waals surface area contributed by atoms with Crippen molar-refractivity contribution >= 4 is 8.69 Å². The van der Waals surface area contributed by atoms with Crippen LogP contribution in [0.1, 0.15) is 27.7 Å². The molecular weight excluding hydrogens is 282 g/mol. The molecule has 0 aromatic carbocycles. The van der Waals surface area contributed by atoms with Crippen LogP contribution in [0.15, 0.2) is 49.1 Å². The summed E-state index contributed by atoms with van der Waals surface area (Å²) in [6.07, 6.45) is 16.6. The number of rotatable bonds is 7. The minimum Gasteiger partial charge on any atom is -0.772 e. The fourth-order valence-corrected chi connectivity index (χ4v) is 1.39. The van der Waals surface area contributed by atoms with Gasteiger partial charge in [-0.15, -0.1) is 0 Å². The predicted octanol–water partition coefficient (Wildman–Crippen LogP) is 0.282. The Bertz CT molecular complexity index is 266. The molecule has 0 rings (SSSR count). The van der Waals surface area contributed by atoms with E-state index >= 15 is 0 Å². The molecule has 0 fully saturated rings. The normalized spacial score (nSPS) is 11.1. The zero-order valence-electron chi connectivity index (χ0n) is 13.2. The number of hydrogen-bond acceptors (Lipinski definition) is 4. The van der Waals surface area contributed by atoms with E-state index in [0.29, 0.717) is 0 Å². The van der Waals surface area contributed by atoms with Crippen LogP contribution in [0.25, 0.3) is 0 Å². The summed E-state index contributed by atoms with van der Waals surface area (Å²) in [5, 5.41) is 0. The van der Waals surface area contributed by atoms with E-state index in [-0.39, 0.29) is 29.6 Å². The average Bonchev–Trinajstić information content (AvgIpc) is 2.38. The van der Waals surface area contributed by atoms with Gasteiger partial charge in [0, 0.05) is 13.1 Å². The molecule has 20 heavy (non-hydrogen) atoms. The van der Waals surface area contributed by atoms with Gasteiger partial charge in [0.05, 0.1) is 8.69 Å². The third kappa shape index (κ3) is 17.6. The largest absolute Gasteiger partial charge is 1.00 e. The van der Waals surface area contributed by atoms with E-state index < -0.39 is 8.69 Å². The van der Waals surface area contributed by atoms with Crippen LogP contribution in [-0.4, -0.2) is 22.9 Å². The standard InChI is InChI=1S/C14H24N2.Na.HO2P/c1-5-9-15(10-6-2)13-14-16(11-7-3)12-8-4;;1-3-2/h5-12H,13-14H2,1-4H3;;(H,1,2)/q;+1;/p-1. The Balaban J connectivity index is -0.000000657. The molecule has 0 aromatic rings. The second-order valence-electron chi connectivity index (χ2n) is 3.48. The number of allylic oxidation sites excluding steroid dienone is 4. The molecule has 0 spiro atoms. The van der Waals surface area contributed by atoms with Crippen LogP contribution in [-0.2, 0) is 4.57 Å². The van der Waals surface area contributed by atoms with E-state index in [0.717, 1.165) is 13.1 Å². The van der Waals surface area contributed by atoms with Crippen LogP contribution in [0, 0.1) is 0 Å². The Morgan fingerprint density at radius 1 is 0.800 bits per heavy atom. The van der Waals surface area contributed by atoms with E-state index in [1.165, 1.54) is 0 Å². The van der Waals surface area contributed by atoms with Crippen LogP contribution >= 0.6 is 8.69 Å². The molecule has 0 aliphatic heterocycles. The minimum absolute atomic E-state index is 0. The molecule has 0 N–H and O–H groups in total. The smallest absolute Gasteiger partial charge is 0.772 e. The topological polar surface area (TPSA) is 46.6 Å². The first kappa shape index (κ1) is 24.6. The van der Waals surface area contributed by atoms with Crippen molar-refractivity contribution in [2.24, 2.45) is 0 Å². The molecule has 0 saturated heterocycles. The van der Waals surface area contributed by atoms with Crippen molar-refractivity contribution in [2.75, 3.05) is 13.1 Å². The van der Waals surface area contributed by atoms with Gasteiger partial charge in [0.2, 0.25) is 0 Å². The van der Waals surface area contributed by atoms with E-state index in [1.807, 2.05) is 27.7 Å². The summed E-state index contributed by atoms with van der Waals surface area (Å²) in [4.78, 5) is 12.7. The van der Waals surface area contributed by atoms with Gasteiger partial charge in [0.15, 0.2) is 0 Å². The summed E-state index contributed by atoms with van der Waals surface area (Å²) in [7, 11) is -1.08. The summed E-state index contributed by atoms with van der Waals surface area (Å²) in [6, 6.07) is 0. The van der Waals surface area contributed by atoms with Crippen LogP contribution in [0.5, 0.6) is 0 Å². The second-order valence-corrected chi connectivity index (χ2v) is 3.63. The maximum Gasteiger partial charge on any atom is 1.00 e. The van der Waals surface area contributed by atoms with Gasteiger partial charge in [0.1, 0.15) is 0 Å². The SMILES string of the molecule is CC=CN(C=CC)CCN(C=CC)C=CC.O=P[O-].[Na+]. The first-order chi connectivity index (χ1) is 9.19. The maximum absolute atomic E-state index is 8.35. The summed E-state index contributed by atoms with van der Waals surface area (Å²) >= 11 is 0. The van der Waals surface area contributed by atoms with E-state index in [1.54, 1.807) is 0 Å². The Morgan fingerprint density at radius 3 is 1.15 bits per heavy atom. The van der Waals surface area contributed by atoms with E-state index in [9.17, 15) is 0 Å². The average molecular weight is 306 g/mol. The summed E-state index contributed by atoms with van der Waals surface area (Å²) < 4.78 is 8.35. The first-order valence-corrected chi connectivity index (χ1v) is 6.90. The molecule has 0 heterocycles. The molecule has 0 saturated carbocycles. The zero-order chi connectivity index (χ0) is 14.9. The molecule has 0 aliphatic rings. The molecule has 0 aromatic heterocycles. The molecular formula is C14H24N2NaO2P. The van der Waals surface area contributed by atoms with Crippen molar-refractivity contribution in [3.8, 4) is 0 Å². The summed E-state index contributed by atoms with van der Waals surface area (Å²) in [5.41, 5.74) is 0. The summed E-state index contributed by atoms with van der Waals surface area (Å²) in [6.45, 7) is 10.1. The third-order valence-electron chi connectivity index (χ3n) is 1.98. The molecule has 108 valence electrons. The van der Waals surface area contributed by atoms with Crippen molar-refractivity contribution in [3.05, 3.63) is 49.1 Å². The Labute approximate surface area is 147 Å². The zero-order valence-corrected chi connectivity index (χ0v) is 16.1. The first-order valence-electron chi connectivity index (χ1n) is 6.17. The van der Waals surface area contributed by atoms with Crippen LogP contribution < -0.4 is 34.5 Å². The molecule has 4 nitrogen and oxygen atoms in total. The van der Waals surface area contributed by atoms with Crippen molar-refractivity contribution in [3.63, 3.8) is 0 Å². The van der Waals surface area contributed by atoms with E-state index in [2.05, 4.69) is 58.9 Å². The van der Waals surface area contributed by atoms with Crippen molar-refractivity contribution < 1.29 is 39.0 Å². The molecule has 0 unspecified atom stereocenters. The number of nitrogens with zero attached hydrogens (tertiary/aromatic N) is 2. The molecule has 0 amide bonds. The predicted molar refractivity (Wildman–Crippen MR) is 80.3 cm³/mol. The van der Waals surface area contributed by atoms with E-state index in [4.69, 9.17) is 9.46 Å². The van der Waals surface area contributed by atoms with Crippen molar-refractivity contribution in [1.82, 2.24) is 9.80 Å². The molecule has 0 aliphatic carbocycles. The van der Waals surface area contributed by atoms with Crippen molar-refractivity contribution in [2.45, 2.75) is 27.7 Å². The van der Waals surface area contributed by atoms with Gasteiger partial charge in [-0.25, -0.2) is 0 Å². The van der Waals surface area contributed by atoms with Gasteiger partial charge in [-0.1, -0.05) is 24.3 Å². The fraction of sp³-hybridized carbons (Fsp3) is 0.429. The fourth-order valence-electron chi connectivity index (χ4n) is 1.39. The Morgan fingerprint density at radius 2 is 1.00 bits per heavy atom. The van der Waals surface area contributed by atoms with Gasteiger partial charge in [-0.3, -0.25) is 4.57 Å². The van der Waals surface area contributed by atoms with Gasteiger partial charge < -0.3 is 14.7 Å². The Kier molecular flexibility index (Phi) is 25.8. The monoisotopic (exact) mass is 306 g/mol. The van der Waals surface area contributed by atoms with Crippen LogP contribution in [0.2, 0.25) is 0 Å². The third-order valence-corrected chi connectivity index (χ3v) is 1.98. The van der Waals surface area contributed by atoms with Gasteiger partial charge in [0.25, 0.3) is 0 Å². The van der Waals surface area contributed by atoms with Gasteiger partial charge in [-0.05, 0) is 52.5 Å². The van der Waals surface area contributed by atoms with Crippen molar-refractivity contribution in [1.29, 1.82) is 0 Å². The maximum atomic E-state index is 8.35. The molecule has 0 radical (unpaired) electrons. The molecule has 6 heteroatoms. The quantitative estimate of drug-likeness (QED) is 0.501. The molecule has 0 bridgehead atoms. The second kappa shape index (κ2) is 20.9. The van der Waals surface area contributed by atoms with Gasteiger partial charge in [-0.2, -0.15) is 0 Å². The van der Waals surface area contributed by atoms with Gasteiger partial charge >= 0.3 is 29.6 Å².